The van der Waals surface area contributed by atoms with E-state index in [1.807, 2.05) is 6.92 Å². The van der Waals surface area contributed by atoms with Gasteiger partial charge in [-0.1, -0.05) is 6.07 Å². The number of carbonyl (C=O) groups excluding carboxylic acids is 2. The molecule has 2 rings (SSSR count). The fourth-order valence-corrected chi connectivity index (χ4v) is 3.68. The lowest BCUT2D eigenvalue weighted by Gasteiger charge is -2.27. The van der Waals surface area contributed by atoms with Crippen molar-refractivity contribution in [1.29, 1.82) is 0 Å². The number of rotatable bonds is 6. The lowest BCUT2D eigenvalue weighted by Crippen LogP contribution is -2.40. The Labute approximate surface area is 159 Å². The van der Waals surface area contributed by atoms with Crippen LogP contribution in [0.25, 0.3) is 0 Å². The van der Waals surface area contributed by atoms with Gasteiger partial charge < -0.3 is 15.4 Å². The molecule has 1 heterocycles. The summed E-state index contributed by atoms with van der Waals surface area (Å²) in [7, 11) is -2.69. The minimum atomic E-state index is -3.87. The van der Waals surface area contributed by atoms with Crippen molar-refractivity contribution in [2.75, 3.05) is 25.5 Å². The summed E-state index contributed by atoms with van der Waals surface area (Å²) < 4.78 is 30.9. The predicted molar refractivity (Wildman–Crippen MR) is 99.7 cm³/mol. The topological polar surface area (TPSA) is 114 Å². The van der Waals surface area contributed by atoms with Crippen LogP contribution in [-0.4, -0.2) is 46.5 Å². The summed E-state index contributed by atoms with van der Waals surface area (Å²) >= 11 is 0. The van der Waals surface area contributed by atoms with Crippen LogP contribution in [0.2, 0.25) is 0 Å². The summed E-state index contributed by atoms with van der Waals surface area (Å²) in [4.78, 5) is 23.4. The summed E-state index contributed by atoms with van der Waals surface area (Å²) in [5, 5.41) is 6.05. The first kappa shape index (κ1) is 22.4. The number of hydrogen-bond donors (Lipinski definition) is 3. The number of esters is 1. The molecule has 0 bridgehead atoms. The van der Waals surface area contributed by atoms with Crippen molar-refractivity contribution < 1.29 is 22.7 Å². The van der Waals surface area contributed by atoms with Gasteiger partial charge in [-0.15, -0.1) is 12.4 Å². The molecule has 26 heavy (non-hydrogen) atoms. The van der Waals surface area contributed by atoms with Crippen LogP contribution in [-0.2, 0) is 24.3 Å². The first-order chi connectivity index (χ1) is 11.8. The zero-order valence-electron chi connectivity index (χ0n) is 14.7. The quantitative estimate of drug-likeness (QED) is 0.605. The Morgan fingerprint density at radius 2 is 2.08 bits per heavy atom. The number of halogens is 1. The normalized spacial score (nSPS) is 19.9. The summed E-state index contributed by atoms with van der Waals surface area (Å²) in [5.74, 6) is -0.910. The Morgan fingerprint density at radius 3 is 2.73 bits per heavy atom. The highest BCUT2D eigenvalue weighted by molar-refractivity contribution is 7.89. The number of piperidine rings is 1. The van der Waals surface area contributed by atoms with Crippen LogP contribution in [0.3, 0.4) is 0 Å². The molecule has 3 N–H and O–H groups in total. The highest BCUT2D eigenvalue weighted by atomic mass is 35.5. The Hall–Kier alpha value is -1.68. The van der Waals surface area contributed by atoms with Crippen molar-refractivity contribution in [1.82, 2.24) is 10.0 Å². The van der Waals surface area contributed by atoms with Gasteiger partial charge in [0.1, 0.15) is 6.54 Å². The molecule has 1 aromatic carbocycles. The standard InChI is InChI=1S/C16H23N3O5S.ClH/c1-11-8-12(6-7-17-11)16(21)19-13-4-3-5-14(9-13)25(22,23)18-10-15(20)24-2;/h3-5,9,11-12,17-18H,6-8,10H2,1-2H3,(H,19,21);1H/t11-,12-;/m0./s1. The smallest absolute Gasteiger partial charge is 0.320 e. The second-order valence-electron chi connectivity index (χ2n) is 5.99. The lowest BCUT2D eigenvalue weighted by molar-refractivity contribution is -0.139. The SMILES string of the molecule is COC(=O)CNS(=O)(=O)c1cccc(NC(=O)[C@H]2CCN[C@@H](C)C2)c1.Cl. The third kappa shape index (κ3) is 6.24. The number of amides is 1. The van der Waals surface area contributed by atoms with Crippen LogP contribution in [0.1, 0.15) is 19.8 Å². The molecule has 0 aliphatic carbocycles. The van der Waals surface area contributed by atoms with Gasteiger partial charge in [-0.05, 0) is 44.5 Å². The van der Waals surface area contributed by atoms with E-state index in [-0.39, 0.29) is 35.2 Å². The molecular formula is C16H24ClN3O5S. The van der Waals surface area contributed by atoms with Gasteiger partial charge in [0.2, 0.25) is 15.9 Å². The molecule has 1 saturated heterocycles. The van der Waals surface area contributed by atoms with Crippen molar-refractivity contribution in [2.45, 2.75) is 30.7 Å². The van der Waals surface area contributed by atoms with Crippen molar-refractivity contribution in [3.63, 3.8) is 0 Å². The molecule has 1 aromatic rings. The highest BCUT2D eigenvalue weighted by Crippen LogP contribution is 2.20. The van der Waals surface area contributed by atoms with Crippen molar-refractivity contribution in [2.24, 2.45) is 5.92 Å². The second kappa shape index (κ2) is 9.86. The largest absolute Gasteiger partial charge is 0.468 e. The Morgan fingerprint density at radius 1 is 1.35 bits per heavy atom. The Bertz CT molecular complexity index is 741. The van der Waals surface area contributed by atoms with Crippen molar-refractivity contribution in [3.05, 3.63) is 24.3 Å². The molecule has 1 amide bonds. The molecule has 0 spiro atoms. The number of sulfonamides is 1. The highest BCUT2D eigenvalue weighted by Gasteiger charge is 2.25. The predicted octanol–water partition coefficient (Wildman–Crippen LogP) is 0.886. The number of ether oxygens (including phenoxy) is 1. The van der Waals surface area contributed by atoms with Crippen molar-refractivity contribution in [3.8, 4) is 0 Å². The summed E-state index contributed by atoms with van der Waals surface area (Å²) in [6.45, 7) is 2.35. The molecule has 1 aliphatic heterocycles. The minimum Gasteiger partial charge on any atom is -0.468 e. The maximum atomic E-state index is 12.4. The van der Waals surface area contributed by atoms with E-state index in [0.717, 1.165) is 19.4 Å². The molecular weight excluding hydrogens is 382 g/mol. The van der Waals surface area contributed by atoms with E-state index in [2.05, 4.69) is 20.1 Å². The minimum absolute atomic E-state index is 0. The van der Waals surface area contributed by atoms with Gasteiger partial charge in [0, 0.05) is 17.6 Å². The first-order valence-electron chi connectivity index (χ1n) is 8.02. The van der Waals surface area contributed by atoms with E-state index < -0.39 is 22.5 Å². The number of anilines is 1. The Kier molecular flexibility index (Phi) is 8.48. The summed E-state index contributed by atoms with van der Waals surface area (Å²) in [5.41, 5.74) is 0.400. The molecule has 0 unspecified atom stereocenters. The molecule has 2 atom stereocenters. The first-order valence-corrected chi connectivity index (χ1v) is 9.51. The lowest BCUT2D eigenvalue weighted by atomic mass is 9.92. The number of methoxy groups -OCH3 is 1. The molecule has 1 fully saturated rings. The zero-order chi connectivity index (χ0) is 18.4. The average Bonchev–Trinajstić information content (AvgIpc) is 2.60. The van der Waals surface area contributed by atoms with Gasteiger partial charge in [0.15, 0.2) is 0 Å². The number of nitrogens with one attached hydrogen (secondary N) is 3. The molecule has 0 saturated carbocycles. The second-order valence-corrected chi connectivity index (χ2v) is 7.76. The Balaban J connectivity index is 0.00000338. The van der Waals surface area contributed by atoms with Gasteiger partial charge in [0.25, 0.3) is 0 Å². The van der Waals surface area contributed by atoms with Crippen LogP contribution < -0.4 is 15.4 Å². The number of benzene rings is 1. The molecule has 146 valence electrons. The van der Waals surface area contributed by atoms with Gasteiger partial charge >= 0.3 is 5.97 Å². The number of hydrogen-bond acceptors (Lipinski definition) is 6. The van der Waals surface area contributed by atoms with Crippen LogP contribution >= 0.6 is 12.4 Å². The maximum Gasteiger partial charge on any atom is 0.320 e. The van der Waals surface area contributed by atoms with E-state index in [0.29, 0.717) is 5.69 Å². The fraction of sp³-hybridized carbons (Fsp3) is 0.500. The third-order valence-corrected chi connectivity index (χ3v) is 5.44. The van der Waals surface area contributed by atoms with Gasteiger partial charge in [-0.3, -0.25) is 9.59 Å². The van der Waals surface area contributed by atoms with Crippen LogP contribution in [0.4, 0.5) is 5.69 Å². The van der Waals surface area contributed by atoms with Crippen molar-refractivity contribution >= 4 is 40.0 Å². The van der Waals surface area contributed by atoms with E-state index in [1.165, 1.54) is 25.3 Å². The number of carbonyl (C=O) groups is 2. The van der Waals surface area contributed by atoms with E-state index in [4.69, 9.17) is 0 Å². The molecule has 8 nitrogen and oxygen atoms in total. The van der Waals surface area contributed by atoms with E-state index >= 15 is 0 Å². The van der Waals surface area contributed by atoms with Crippen LogP contribution in [0, 0.1) is 5.92 Å². The molecule has 0 aromatic heterocycles. The van der Waals surface area contributed by atoms with Gasteiger partial charge in [0.05, 0.1) is 12.0 Å². The van der Waals surface area contributed by atoms with E-state index in [9.17, 15) is 18.0 Å². The molecule has 1 aliphatic rings. The van der Waals surface area contributed by atoms with Crippen LogP contribution in [0.15, 0.2) is 29.2 Å². The summed E-state index contributed by atoms with van der Waals surface area (Å²) in [6, 6.07) is 6.19. The van der Waals surface area contributed by atoms with Gasteiger partial charge in [-0.2, -0.15) is 4.72 Å². The fourth-order valence-electron chi connectivity index (χ4n) is 2.66. The monoisotopic (exact) mass is 405 g/mol. The third-order valence-electron chi connectivity index (χ3n) is 4.04. The summed E-state index contributed by atoms with van der Waals surface area (Å²) in [6.07, 6.45) is 1.49. The molecule has 10 heteroatoms. The molecule has 0 radical (unpaired) electrons. The van der Waals surface area contributed by atoms with Gasteiger partial charge in [-0.25, -0.2) is 8.42 Å². The maximum absolute atomic E-state index is 12.4. The van der Waals surface area contributed by atoms with E-state index in [1.54, 1.807) is 6.07 Å². The zero-order valence-corrected chi connectivity index (χ0v) is 16.3. The van der Waals surface area contributed by atoms with Crippen LogP contribution in [0.5, 0.6) is 0 Å². The average molecular weight is 406 g/mol.